The van der Waals surface area contributed by atoms with Crippen LogP contribution >= 0.6 is 0 Å². The first kappa shape index (κ1) is 15.4. The van der Waals surface area contributed by atoms with E-state index < -0.39 is 12.2 Å². The molecule has 2 aromatic rings. The molecule has 0 saturated heterocycles. The Labute approximate surface area is 124 Å². The second-order valence-electron chi connectivity index (χ2n) is 4.58. The van der Waals surface area contributed by atoms with Crippen molar-refractivity contribution in [2.24, 2.45) is 0 Å². The number of hydrogen-bond acceptors (Lipinski definition) is 4. The molecule has 0 heterocycles. The number of aliphatic hydroxyl groups is 2. The molecule has 0 spiro atoms. The van der Waals surface area contributed by atoms with Crippen LogP contribution in [0.25, 0.3) is 0 Å². The van der Waals surface area contributed by atoms with Gasteiger partial charge in [0.15, 0.2) is 17.6 Å². The van der Waals surface area contributed by atoms with Crippen LogP contribution in [-0.2, 0) is 0 Å². The van der Waals surface area contributed by atoms with Gasteiger partial charge in [0.2, 0.25) is 0 Å². The van der Waals surface area contributed by atoms with Gasteiger partial charge < -0.3 is 19.7 Å². The fourth-order valence-electron chi connectivity index (χ4n) is 2.07. The van der Waals surface area contributed by atoms with Gasteiger partial charge in [-0.15, -0.1) is 0 Å². The fourth-order valence-corrected chi connectivity index (χ4v) is 2.07. The first-order valence-corrected chi connectivity index (χ1v) is 6.98. The molecule has 21 heavy (non-hydrogen) atoms. The van der Waals surface area contributed by atoms with Crippen LogP contribution in [0.5, 0.6) is 11.5 Å². The third-order valence-corrected chi connectivity index (χ3v) is 3.07. The summed E-state index contributed by atoms with van der Waals surface area (Å²) in [7, 11) is 0. The quantitative estimate of drug-likeness (QED) is 0.822. The lowest BCUT2D eigenvalue weighted by Gasteiger charge is -2.24. The normalized spacial score (nSPS) is 13.5. The summed E-state index contributed by atoms with van der Waals surface area (Å²) >= 11 is 0. The molecule has 2 N–H and O–H groups in total. The first-order valence-electron chi connectivity index (χ1n) is 6.98. The van der Waals surface area contributed by atoms with Crippen LogP contribution in [0.1, 0.15) is 18.6 Å². The lowest BCUT2D eigenvalue weighted by Crippen LogP contribution is -2.27. The number of ether oxygens (including phenoxy) is 2. The summed E-state index contributed by atoms with van der Waals surface area (Å²) in [4.78, 5) is 0. The minimum Gasteiger partial charge on any atom is -0.490 e. The Kier molecular flexibility index (Phi) is 5.60. The summed E-state index contributed by atoms with van der Waals surface area (Å²) in [5, 5.41) is 19.3. The molecule has 0 radical (unpaired) electrons. The molecule has 4 heteroatoms. The third kappa shape index (κ3) is 3.97. The van der Waals surface area contributed by atoms with Gasteiger partial charge in [-0.2, -0.15) is 0 Å². The molecule has 0 aliphatic carbocycles. The minimum absolute atomic E-state index is 0.379. The topological polar surface area (TPSA) is 58.9 Å². The molecule has 2 rings (SSSR count). The molecule has 0 unspecified atom stereocenters. The zero-order chi connectivity index (χ0) is 15.1. The van der Waals surface area contributed by atoms with Gasteiger partial charge in [-0.3, -0.25) is 0 Å². The summed E-state index contributed by atoms with van der Waals surface area (Å²) in [5.74, 6) is 1.16. The summed E-state index contributed by atoms with van der Waals surface area (Å²) in [6.45, 7) is 2.04. The van der Waals surface area contributed by atoms with Gasteiger partial charge in [0.1, 0.15) is 6.10 Å². The van der Waals surface area contributed by atoms with Crippen LogP contribution in [0.3, 0.4) is 0 Å². The monoisotopic (exact) mass is 288 g/mol. The van der Waals surface area contributed by atoms with Crippen LogP contribution in [0, 0.1) is 0 Å². The van der Waals surface area contributed by atoms with Gasteiger partial charge in [0, 0.05) is 0 Å². The van der Waals surface area contributed by atoms with Gasteiger partial charge >= 0.3 is 0 Å². The molecular formula is C17H20O4. The second kappa shape index (κ2) is 7.67. The van der Waals surface area contributed by atoms with E-state index in [4.69, 9.17) is 9.47 Å². The predicted octanol–water partition coefficient (Wildman–Crippen LogP) is 2.56. The van der Waals surface area contributed by atoms with Crippen molar-refractivity contribution < 1.29 is 19.7 Å². The van der Waals surface area contributed by atoms with Crippen molar-refractivity contribution in [2.75, 3.05) is 13.2 Å². The Morgan fingerprint density at radius 1 is 0.952 bits per heavy atom. The molecule has 0 amide bonds. The standard InChI is InChI=1S/C17H20O4/c1-2-20-15-10-6-7-11-16(15)21-17(14(19)12-18)13-8-4-3-5-9-13/h3-11,14,17-19H,2,12H2,1H3/t14-,17-/m0/s1. The lowest BCUT2D eigenvalue weighted by molar-refractivity contribution is -0.00305. The van der Waals surface area contributed by atoms with Crippen LogP contribution in [0.15, 0.2) is 54.6 Å². The van der Waals surface area contributed by atoms with E-state index in [1.165, 1.54) is 0 Å². The molecule has 0 saturated carbocycles. The molecule has 112 valence electrons. The van der Waals surface area contributed by atoms with E-state index in [1.807, 2.05) is 55.5 Å². The second-order valence-corrected chi connectivity index (χ2v) is 4.58. The smallest absolute Gasteiger partial charge is 0.162 e. The van der Waals surface area contributed by atoms with Gasteiger partial charge in [0.25, 0.3) is 0 Å². The Balaban J connectivity index is 2.27. The maximum atomic E-state index is 10.0. The Morgan fingerprint density at radius 3 is 2.19 bits per heavy atom. The van der Waals surface area contributed by atoms with Gasteiger partial charge in [-0.1, -0.05) is 42.5 Å². The van der Waals surface area contributed by atoms with Crippen LogP contribution in [0.4, 0.5) is 0 Å². The maximum absolute atomic E-state index is 10.0. The highest BCUT2D eigenvalue weighted by atomic mass is 16.5. The molecule has 2 atom stereocenters. The molecule has 0 aliphatic rings. The minimum atomic E-state index is -1.01. The zero-order valence-electron chi connectivity index (χ0n) is 12.0. The molecule has 2 aromatic carbocycles. The van der Waals surface area contributed by atoms with Crippen molar-refractivity contribution in [1.29, 1.82) is 0 Å². The summed E-state index contributed by atoms with van der Waals surface area (Å²) in [6, 6.07) is 16.6. The van der Waals surface area contributed by atoms with Gasteiger partial charge in [-0.05, 0) is 24.6 Å². The number of rotatable bonds is 7. The van der Waals surface area contributed by atoms with Crippen molar-refractivity contribution in [1.82, 2.24) is 0 Å². The van der Waals surface area contributed by atoms with E-state index in [2.05, 4.69) is 0 Å². The Morgan fingerprint density at radius 2 is 1.57 bits per heavy atom. The number of benzene rings is 2. The molecular weight excluding hydrogens is 268 g/mol. The van der Waals surface area contributed by atoms with Crippen LogP contribution < -0.4 is 9.47 Å². The van der Waals surface area contributed by atoms with E-state index in [-0.39, 0.29) is 6.61 Å². The van der Waals surface area contributed by atoms with Crippen LogP contribution in [-0.4, -0.2) is 29.5 Å². The average Bonchev–Trinajstić information content (AvgIpc) is 2.54. The van der Waals surface area contributed by atoms with Crippen molar-refractivity contribution >= 4 is 0 Å². The first-order chi connectivity index (χ1) is 10.3. The average molecular weight is 288 g/mol. The summed E-state index contributed by atoms with van der Waals surface area (Å²) in [6.07, 6.45) is -1.67. The van der Waals surface area contributed by atoms with Gasteiger partial charge in [-0.25, -0.2) is 0 Å². The predicted molar refractivity (Wildman–Crippen MR) is 80.5 cm³/mol. The van der Waals surface area contributed by atoms with Crippen molar-refractivity contribution in [2.45, 2.75) is 19.1 Å². The van der Waals surface area contributed by atoms with Crippen molar-refractivity contribution in [3.05, 3.63) is 60.2 Å². The van der Waals surface area contributed by atoms with Crippen molar-refractivity contribution in [3.63, 3.8) is 0 Å². The van der Waals surface area contributed by atoms with E-state index >= 15 is 0 Å². The SMILES string of the molecule is CCOc1ccccc1O[C@@H](c1ccccc1)[C@@H](O)CO. The third-order valence-electron chi connectivity index (χ3n) is 3.07. The molecule has 0 fully saturated rings. The molecule has 4 nitrogen and oxygen atoms in total. The van der Waals surface area contributed by atoms with E-state index in [0.29, 0.717) is 18.1 Å². The highest BCUT2D eigenvalue weighted by Gasteiger charge is 2.23. The molecule has 0 bridgehead atoms. The summed E-state index contributed by atoms with van der Waals surface area (Å²) < 4.78 is 11.4. The van der Waals surface area contributed by atoms with E-state index in [9.17, 15) is 10.2 Å². The molecule has 0 aromatic heterocycles. The Hall–Kier alpha value is -2.04. The largest absolute Gasteiger partial charge is 0.490 e. The molecule has 0 aliphatic heterocycles. The Bertz CT molecular complexity index is 541. The van der Waals surface area contributed by atoms with E-state index in [1.54, 1.807) is 6.07 Å². The lowest BCUT2D eigenvalue weighted by atomic mass is 10.0. The van der Waals surface area contributed by atoms with Crippen molar-refractivity contribution in [3.8, 4) is 11.5 Å². The van der Waals surface area contributed by atoms with Crippen LogP contribution in [0.2, 0.25) is 0 Å². The van der Waals surface area contributed by atoms with E-state index in [0.717, 1.165) is 5.56 Å². The fraction of sp³-hybridized carbons (Fsp3) is 0.294. The number of aliphatic hydroxyl groups excluding tert-OH is 2. The highest BCUT2D eigenvalue weighted by molar-refractivity contribution is 5.40. The van der Waals surface area contributed by atoms with Gasteiger partial charge in [0.05, 0.1) is 13.2 Å². The number of para-hydroxylation sites is 2. The highest BCUT2D eigenvalue weighted by Crippen LogP contribution is 2.32. The number of hydrogen-bond donors (Lipinski definition) is 2. The summed E-state index contributed by atoms with van der Waals surface area (Å²) in [5.41, 5.74) is 0.797. The zero-order valence-corrected chi connectivity index (χ0v) is 12.0. The maximum Gasteiger partial charge on any atom is 0.162 e.